The van der Waals surface area contributed by atoms with Gasteiger partial charge in [0, 0.05) is 16.1 Å². The third-order valence-corrected chi connectivity index (χ3v) is 2.66. The van der Waals surface area contributed by atoms with E-state index in [2.05, 4.69) is 20.9 Å². The molecule has 15 heavy (non-hydrogen) atoms. The number of hydrogen-bond acceptors (Lipinski definition) is 3. The number of rotatable bonds is 0. The molecule has 0 aliphatic carbocycles. The summed E-state index contributed by atoms with van der Waals surface area (Å²) in [7, 11) is 0. The summed E-state index contributed by atoms with van der Waals surface area (Å²) in [5, 5.41) is 9.19. The highest BCUT2D eigenvalue weighted by Gasteiger charge is 2.09. The van der Waals surface area contributed by atoms with E-state index in [0.29, 0.717) is 15.4 Å². The molecule has 0 saturated carbocycles. The van der Waals surface area contributed by atoms with Crippen molar-refractivity contribution in [2.45, 2.75) is 0 Å². The van der Waals surface area contributed by atoms with E-state index >= 15 is 0 Å². The number of halogens is 2. The monoisotopic (exact) mass is 265 g/mol. The van der Waals surface area contributed by atoms with Crippen LogP contribution in [0.5, 0.6) is 0 Å². The van der Waals surface area contributed by atoms with Crippen LogP contribution in [0, 0.1) is 17.1 Å². The standard InChI is InChI=1S/C10H5BrFN3/c11-8-2-6(12)1-7-9(14)5(3-13)4-15-10(7)8/h1-2,4H,(H2,14,15). The number of nitrogens with zero attached hydrogens (tertiary/aromatic N) is 2. The van der Waals surface area contributed by atoms with E-state index in [4.69, 9.17) is 11.0 Å². The van der Waals surface area contributed by atoms with Gasteiger partial charge in [-0.25, -0.2) is 4.39 Å². The minimum atomic E-state index is -0.419. The lowest BCUT2D eigenvalue weighted by Crippen LogP contribution is -1.95. The molecule has 0 saturated heterocycles. The van der Waals surface area contributed by atoms with Crippen molar-refractivity contribution in [2.24, 2.45) is 0 Å². The SMILES string of the molecule is N#Cc1cnc2c(Br)cc(F)cc2c1N. The van der Waals surface area contributed by atoms with E-state index < -0.39 is 5.82 Å². The molecule has 2 aromatic rings. The fourth-order valence-corrected chi connectivity index (χ4v) is 1.87. The first-order valence-corrected chi connectivity index (χ1v) is 4.86. The van der Waals surface area contributed by atoms with Crippen LogP contribution in [0.2, 0.25) is 0 Å². The highest BCUT2D eigenvalue weighted by atomic mass is 79.9. The number of benzene rings is 1. The van der Waals surface area contributed by atoms with Crippen LogP contribution in [0.15, 0.2) is 22.8 Å². The number of anilines is 1. The number of nitrogens with two attached hydrogens (primary N) is 1. The van der Waals surface area contributed by atoms with E-state index in [9.17, 15) is 4.39 Å². The fraction of sp³-hybridized carbons (Fsp3) is 0. The molecule has 0 unspecified atom stereocenters. The van der Waals surface area contributed by atoms with Crippen LogP contribution in [0.1, 0.15) is 5.56 Å². The molecule has 2 rings (SSSR count). The average Bonchev–Trinajstić information content (AvgIpc) is 2.19. The summed E-state index contributed by atoms with van der Waals surface area (Å²) < 4.78 is 13.6. The second-order valence-corrected chi connectivity index (χ2v) is 3.84. The van der Waals surface area contributed by atoms with Crippen LogP contribution in [0.3, 0.4) is 0 Å². The topological polar surface area (TPSA) is 62.7 Å². The van der Waals surface area contributed by atoms with Crippen LogP contribution in [0.4, 0.5) is 10.1 Å². The van der Waals surface area contributed by atoms with Crippen molar-refractivity contribution >= 4 is 32.5 Å². The third kappa shape index (κ3) is 1.53. The van der Waals surface area contributed by atoms with Gasteiger partial charge in [-0.3, -0.25) is 4.98 Å². The van der Waals surface area contributed by atoms with Gasteiger partial charge in [-0.15, -0.1) is 0 Å². The first-order chi connectivity index (χ1) is 7.13. The number of hydrogen-bond donors (Lipinski definition) is 1. The molecule has 0 spiro atoms. The second-order valence-electron chi connectivity index (χ2n) is 2.98. The molecule has 1 aromatic carbocycles. The van der Waals surface area contributed by atoms with E-state index in [-0.39, 0.29) is 11.3 Å². The smallest absolute Gasteiger partial charge is 0.125 e. The number of fused-ring (bicyclic) bond motifs is 1. The Hall–Kier alpha value is -1.67. The zero-order valence-corrected chi connectivity index (χ0v) is 9.05. The summed E-state index contributed by atoms with van der Waals surface area (Å²) in [5.41, 5.74) is 6.77. The Morgan fingerprint density at radius 2 is 2.20 bits per heavy atom. The predicted molar refractivity (Wildman–Crippen MR) is 58.5 cm³/mol. The molecule has 3 nitrogen and oxygen atoms in total. The summed E-state index contributed by atoms with van der Waals surface area (Å²) in [4.78, 5) is 4.04. The molecule has 0 radical (unpaired) electrons. The summed E-state index contributed by atoms with van der Waals surface area (Å²) in [6.45, 7) is 0. The van der Waals surface area contributed by atoms with E-state index in [1.54, 1.807) is 0 Å². The maximum absolute atomic E-state index is 13.1. The van der Waals surface area contributed by atoms with Gasteiger partial charge in [0.2, 0.25) is 0 Å². The Labute approximate surface area is 93.5 Å². The van der Waals surface area contributed by atoms with Gasteiger partial charge in [-0.2, -0.15) is 5.26 Å². The van der Waals surface area contributed by atoms with Gasteiger partial charge in [0.05, 0.1) is 16.8 Å². The van der Waals surface area contributed by atoms with Crippen LogP contribution < -0.4 is 5.73 Å². The summed E-state index contributed by atoms with van der Waals surface area (Å²) in [6, 6.07) is 4.47. The van der Waals surface area contributed by atoms with E-state index in [1.807, 2.05) is 6.07 Å². The highest BCUT2D eigenvalue weighted by Crippen LogP contribution is 2.29. The van der Waals surface area contributed by atoms with Gasteiger partial charge in [-0.05, 0) is 28.1 Å². The van der Waals surface area contributed by atoms with Crippen LogP contribution in [-0.2, 0) is 0 Å². The lowest BCUT2D eigenvalue weighted by atomic mass is 10.1. The minimum absolute atomic E-state index is 0.250. The Balaban J connectivity index is 2.94. The van der Waals surface area contributed by atoms with Crippen LogP contribution in [0.25, 0.3) is 10.9 Å². The molecule has 0 aliphatic heterocycles. The maximum atomic E-state index is 13.1. The Kier molecular flexibility index (Phi) is 2.29. The number of nitriles is 1. The number of pyridine rings is 1. The fourth-order valence-electron chi connectivity index (χ4n) is 1.34. The van der Waals surface area contributed by atoms with Crippen LogP contribution in [-0.4, -0.2) is 4.98 Å². The maximum Gasteiger partial charge on any atom is 0.125 e. The van der Waals surface area contributed by atoms with Crippen molar-refractivity contribution in [2.75, 3.05) is 5.73 Å². The predicted octanol–water partition coefficient (Wildman–Crippen LogP) is 2.59. The van der Waals surface area contributed by atoms with Crippen molar-refractivity contribution in [3.63, 3.8) is 0 Å². The van der Waals surface area contributed by atoms with Gasteiger partial charge in [0.15, 0.2) is 0 Å². The molecule has 1 aromatic heterocycles. The second kappa shape index (κ2) is 3.48. The molecule has 0 fully saturated rings. The third-order valence-electron chi connectivity index (χ3n) is 2.05. The average molecular weight is 266 g/mol. The van der Waals surface area contributed by atoms with Gasteiger partial charge < -0.3 is 5.73 Å². The Bertz CT molecular complexity index is 589. The molecule has 74 valence electrons. The molecule has 0 bridgehead atoms. The molecule has 2 N–H and O–H groups in total. The van der Waals surface area contributed by atoms with E-state index in [1.165, 1.54) is 18.3 Å². The Morgan fingerprint density at radius 1 is 1.47 bits per heavy atom. The largest absolute Gasteiger partial charge is 0.397 e. The normalized spacial score (nSPS) is 10.2. The zero-order valence-electron chi connectivity index (χ0n) is 7.46. The Morgan fingerprint density at radius 3 is 2.87 bits per heavy atom. The molecule has 0 atom stereocenters. The lowest BCUT2D eigenvalue weighted by Gasteiger charge is -2.04. The lowest BCUT2D eigenvalue weighted by molar-refractivity contribution is 0.629. The van der Waals surface area contributed by atoms with E-state index in [0.717, 1.165) is 0 Å². The van der Waals surface area contributed by atoms with Crippen molar-refractivity contribution in [1.29, 1.82) is 5.26 Å². The summed E-state index contributed by atoms with van der Waals surface area (Å²) in [5.74, 6) is -0.419. The van der Waals surface area contributed by atoms with Gasteiger partial charge in [-0.1, -0.05) is 0 Å². The van der Waals surface area contributed by atoms with Gasteiger partial charge in [0.1, 0.15) is 11.9 Å². The summed E-state index contributed by atoms with van der Waals surface area (Å²) in [6.07, 6.45) is 1.38. The molecule has 5 heteroatoms. The molecular formula is C10H5BrFN3. The molecule has 1 heterocycles. The molecule has 0 aliphatic rings. The summed E-state index contributed by atoms with van der Waals surface area (Å²) >= 11 is 3.19. The minimum Gasteiger partial charge on any atom is -0.397 e. The highest BCUT2D eigenvalue weighted by molar-refractivity contribution is 9.10. The zero-order chi connectivity index (χ0) is 11.0. The molecule has 0 amide bonds. The number of nitrogen functional groups attached to an aromatic ring is 1. The van der Waals surface area contributed by atoms with Gasteiger partial charge in [0.25, 0.3) is 0 Å². The van der Waals surface area contributed by atoms with Crippen molar-refractivity contribution in [3.05, 3.63) is 34.2 Å². The molecular weight excluding hydrogens is 261 g/mol. The van der Waals surface area contributed by atoms with Crippen molar-refractivity contribution in [3.8, 4) is 6.07 Å². The van der Waals surface area contributed by atoms with Crippen LogP contribution >= 0.6 is 15.9 Å². The quantitative estimate of drug-likeness (QED) is 0.797. The first-order valence-electron chi connectivity index (χ1n) is 4.07. The van der Waals surface area contributed by atoms with Crippen molar-refractivity contribution in [1.82, 2.24) is 4.98 Å². The van der Waals surface area contributed by atoms with Gasteiger partial charge >= 0.3 is 0 Å². The number of aromatic nitrogens is 1. The first kappa shape index (κ1) is 9.87. The van der Waals surface area contributed by atoms with Crippen molar-refractivity contribution < 1.29 is 4.39 Å².